The highest BCUT2D eigenvalue weighted by atomic mass is 35.5. The fourth-order valence-electron chi connectivity index (χ4n) is 7.74. The predicted octanol–water partition coefficient (Wildman–Crippen LogP) is 6.03. The summed E-state index contributed by atoms with van der Waals surface area (Å²) < 4.78 is 13.8. The Morgan fingerprint density at radius 3 is 2.24 bits per heavy atom. The number of para-hydroxylation sites is 2. The van der Waals surface area contributed by atoms with Gasteiger partial charge in [-0.05, 0) is 67.1 Å². The van der Waals surface area contributed by atoms with Crippen LogP contribution in [0.4, 0.5) is 15.8 Å². The van der Waals surface area contributed by atoms with E-state index in [1.54, 1.807) is 54.6 Å². The summed E-state index contributed by atoms with van der Waals surface area (Å²) in [4.78, 5) is 54.5. The molecule has 6 atom stereocenters. The third-order valence-corrected chi connectivity index (χ3v) is 11.1. The van der Waals surface area contributed by atoms with Gasteiger partial charge in [0.25, 0.3) is 11.8 Å². The largest absolute Gasteiger partial charge is 0.507 e. The van der Waals surface area contributed by atoms with Crippen LogP contribution in [0.3, 0.4) is 0 Å². The molecule has 3 fully saturated rings. The number of carbonyl (C=O) groups is 4. The lowest BCUT2D eigenvalue weighted by Crippen LogP contribution is -2.60. The molecule has 1 saturated carbocycles. The van der Waals surface area contributed by atoms with Gasteiger partial charge < -0.3 is 5.11 Å². The topological polar surface area (TPSA) is 95.0 Å². The van der Waals surface area contributed by atoms with E-state index in [1.165, 1.54) is 17.0 Å². The zero-order chi connectivity index (χ0) is 31.8. The van der Waals surface area contributed by atoms with Gasteiger partial charge in [-0.15, -0.1) is 29.8 Å². The Morgan fingerprint density at radius 1 is 0.867 bits per heavy atom. The van der Waals surface area contributed by atoms with Gasteiger partial charge in [-0.3, -0.25) is 24.1 Å². The van der Waals surface area contributed by atoms with Crippen molar-refractivity contribution in [2.24, 2.45) is 17.8 Å². The van der Waals surface area contributed by atoms with Crippen molar-refractivity contribution in [1.29, 1.82) is 0 Å². The second-order valence-corrected chi connectivity index (χ2v) is 13.2. The predicted molar refractivity (Wildman–Crippen MR) is 168 cm³/mol. The van der Waals surface area contributed by atoms with Gasteiger partial charge in [-0.25, -0.2) is 9.29 Å². The molecule has 7 rings (SSSR count). The number of allylic oxidation sites excluding steroid dienone is 3. The van der Waals surface area contributed by atoms with Gasteiger partial charge in [0.05, 0.1) is 23.2 Å². The lowest BCUT2D eigenvalue weighted by molar-refractivity contribution is -0.125. The van der Waals surface area contributed by atoms with Gasteiger partial charge in [0.1, 0.15) is 11.6 Å². The van der Waals surface area contributed by atoms with Crippen molar-refractivity contribution in [2.75, 3.05) is 9.80 Å². The number of anilines is 2. The molecule has 0 unspecified atom stereocenters. The minimum absolute atomic E-state index is 0.0847. The zero-order valence-corrected chi connectivity index (χ0v) is 25.3. The summed E-state index contributed by atoms with van der Waals surface area (Å²) in [5.74, 6) is -6.60. The summed E-state index contributed by atoms with van der Waals surface area (Å²) in [5, 5.41) is 11.6. The summed E-state index contributed by atoms with van der Waals surface area (Å²) in [6.45, 7) is 3.76. The molecule has 0 aromatic heterocycles. The Balaban J connectivity index is 1.43. The highest BCUT2D eigenvalue weighted by Gasteiger charge is 2.77. The molecule has 2 aliphatic heterocycles. The maximum Gasteiger partial charge on any atom is 0.258 e. The molecule has 2 aliphatic carbocycles. The Labute approximate surface area is 268 Å². The van der Waals surface area contributed by atoms with Crippen molar-refractivity contribution in [3.63, 3.8) is 0 Å². The number of rotatable bonds is 5. The molecule has 2 heterocycles. The van der Waals surface area contributed by atoms with Crippen LogP contribution in [-0.2, 0) is 25.6 Å². The van der Waals surface area contributed by atoms with Crippen LogP contribution >= 0.6 is 23.2 Å². The van der Waals surface area contributed by atoms with Crippen molar-refractivity contribution in [2.45, 2.75) is 34.9 Å². The van der Waals surface area contributed by atoms with Crippen LogP contribution in [0.25, 0.3) is 0 Å². The van der Waals surface area contributed by atoms with Crippen LogP contribution in [0.1, 0.15) is 29.9 Å². The van der Waals surface area contributed by atoms with E-state index in [1.807, 2.05) is 6.08 Å². The summed E-state index contributed by atoms with van der Waals surface area (Å²) in [7, 11) is 0. The van der Waals surface area contributed by atoms with Crippen LogP contribution in [0.5, 0.6) is 5.75 Å². The number of halogens is 3. The average Bonchev–Trinajstić information content (AvgIpc) is 3.37. The fourth-order valence-corrected chi connectivity index (χ4v) is 8.67. The van der Waals surface area contributed by atoms with E-state index < -0.39 is 57.0 Å². The average molecular weight is 646 g/mol. The maximum atomic E-state index is 14.5. The molecule has 45 heavy (non-hydrogen) atoms. The van der Waals surface area contributed by atoms with E-state index in [2.05, 4.69) is 6.58 Å². The standard InChI is InChI=1S/C35H27Cl2FN2O5/c1-2-7-19-8-6-11-25(29(19)41)28-23-16-17-24-27(31(43)39(30(24)42)21-9-4-3-5-10-21)26(23)18-34(36)32(44)40(33(45)35(28,34)37)22-14-12-20(38)13-15-22/h2-6,8-16,24,26-28,41H,1,7,17-18H2/t24-,26+,27-,28+,34+,35-/m0/s1. The minimum Gasteiger partial charge on any atom is -0.507 e. The number of phenols is 1. The first-order valence-corrected chi connectivity index (χ1v) is 15.4. The SMILES string of the molecule is C=CCc1cccc([C@H]2C3=CC[C@@H]4C(=O)N(c5ccccc5)C(=O)[C@@H]4[C@@H]3C[C@@]3(Cl)C(=O)N(c4ccc(F)cc4)C(=O)[C@@]23Cl)c1O. The molecule has 4 amide bonds. The lowest BCUT2D eigenvalue weighted by atomic mass is 9.56. The number of amides is 4. The van der Waals surface area contributed by atoms with E-state index in [4.69, 9.17) is 23.2 Å². The first-order chi connectivity index (χ1) is 21.5. The van der Waals surface area contributed by atoms with E-state index in [0.717, 1.165) is 17.0 Å². The first kappa shape index (κ1) is 29.4. The van der Waals surface area contributed by atoms with Crippen molar-refractivity contribution in [1.82, 2.24) is 0 Å². The van der Waals surface area contributed by atoms with Gasteiger partial charge in [0.2, 0.25) is 11.8 Å². The lowest BCUT2D eigenvalue weighted by Gasteiger charge is -2.50. The molecule has 4 aliphatic rings. The van der Waals surface area contributed by atoms with E-state index in [9.17, 15) is 28.7 Å². The zero-order valence-electron chi connectivity index (χ0n) is 23.8. The molecular formula is C35H27Cl2FN2O5. The van der Waals surface area contributed by atoms with Crippen LogP contribution in [0, 0.1) is 23.6 Å². The highest BCUT2D eigenvalue weighted by molar-refractivity contribution is 6.58. The van der Waals surface area contributed by atoms with Gasteiger partial charge in [-0.2, -0.15) is 0 Å². The van der Waals surface area contributed by atoms with Gasteiger partial charge in [0.15, 0.2) is 9.75 Å². The molecule has 0 radical (unpaired) electrons. The Morgan fingerprint density at radius 2 is 1.56 bits per heavy atom. The molecule has 228 valence electrons. The van der Waals surface area contributed by atoms with Gasteiger partial charge >= 0.3 is 0 Å². The molecule has 0 spiro atoms. The normalized spacial score (nSPS) is 30.6. The summed E-state index contributed by atoms with van der Waals surface area (Å²) in [6, 6.07) is 18.5. The quantitative estimate of drug-likeness (QED) is 0.208. The van der Waals surface area contributed by atoms with E-state index in [0.29, 0.717) is 23.2 Å². The summed E-state index contributed by atoms with van der Waals surface area (Å²) in [5.41, 5.74) is 1.87. The van der Waals surface area contributed by atoms with Crippen LogP contribution in [-0.4, -0.2) is 38.5 Å². The second-order valence-electron chi connectivity index (χ2n) is 11.9. The van der Waals surface area contributed by atoms with Crippen molar-refractivity contribution >= 4 is 58.2 Å². The number of alkyl halides is 2. The van der Waals surface area contributed by atoms with E-state index in [-0.39, 0.29) is 35.7 Å². The molecule has 3 aromatic rings. The fraction of sp³-hybridized carbons (Fsp3) is 0.257. The van der Waals surface area contributed by atoms with Gasteiger partial charge in [-0.1, -0.05) is 54.1 Å². The van der Waals surface area contributed by atoms with Crippen molar-refractivity contribution < 1.29 is 28.7 Å². The molecule has 3 aromatic carbocycles. The number of carbonyl (C=O) groups excluding carboxylic acids is 4. The second kappa shape index (κ2) is 10.4. The molecule has 1 N–H and O–H groups in total. The number of nitrogens with zero attached hydrogens (tertiary/aromatic N) is 2. The van der Waals surface area contributed by atoms with Crippen LogP contribution in [0.15, 0.2) is 97.1 Å². The maximum absolute atomic E-state index is 14.5. The number of aromatic hydroxyl groups is 1. The molecular weight excluding hydrogens is 618 g/mol. The Hall–Kier alpha value is -4.27. The smallest absolute Gasteiger partial charge is 0.258 e. The molecule has 7 nitrogen and oxygen atoms in total. The number of hydrogen-bond acceptors (Lipinski definition) is 5. The number of hydrogen-bond donors (Lipinski definition) is 1. The molecule has 0 bridgehead atoms. The first-order valence-electron chi connectivity index (χ1n) is 14.6. The Kier molecular flexibility index (Phi) is 6.80. The van der Waals surface area contributed by atoms with Crippen molar-refractivity contribution in [3.8, 4) is 5.75 Å². The number of imide groups is 2. The molecule has 2 saturated heterocycles. The van der Waals surface area contributed by atoms with Crippen molar-refractivity contribution in [3.05, 3.63) is 114 Å². The van der Waals surface area contributed by atoms with Gasteiger partial charge in [0, 0.05) is 11.5 Å². The van der Waals surface area contributed by atoms with E-state index >= 15 is 0 Å². The van der Waals surface area contributed by atoms with Crippen LogP contribution in [0.2, 0.25) is 0 Å². The highest BCUT2D eigenvalue weighted by Crippen LogP contribution is 2.66. The minimum atomic E-state index is -2.13. The Bertz CT molecular complexity index is 1830. The summed E-state index contributed by atoms with van der Waals surface area (Å²) in [6.07, 6.45) is 3.73. The van der Waals surface area contributed by atoms with Crippen LogP contribution < -0.4 is 9.80 Å². The number of phenolic OH excluding ortho intramolecular Hbond substituents is 1. The molecule has 10 heteroatoms. The number of benzene rings is 3. The summed E-state index contributed by atoms with van der Waals surface area (Å²) >= 11 is 14.8. The monoisotopic (exact) mass is 644 g/mol. The number of fused-ring (bicyclic) bond motifs is 4. The third kappa shape index (κ3) is 3.95. The third-order valence-electron chi connectivity index (χ3n) is 9.74.